The molecule has 9 heteroatoms. The van der Waals surface area contributed by atoms with Gasteiger partial charge in [-0.1, -0.05) is 26.0 Å². The van der Waals surface area contributed by atoms with E-state index in [2.05, 4.69) is 18.7 Å². The van der Waals surface area contributed by atoms with Gasteiger partial charge in [0.2, 0.25) is 5.95 Å². The molecule has 0 saturated carbocycles. The van der Waals surface area contributed by atoms with Crippen LogP contribution in [0.25, 0.3) is 11.2 Å². The van der Waals surface area contributed by atoms with E-state index in [4.69, 9.17) is 9.72 Å². The summed E-state index contributed by atoms with van der Waals surface area (Å²) in [6.07, 6.45) is 2.09. The zero-order chi connectivity index (χ0) is 23.7. The molecule has 1 aliphatic rings. The van der Waals surface area contributed by atoms with E-state index in [0.29, 0.717) is 28.8 Å². The number of hydrogen-bond donors (Lipinski definition) is 1. The van der Waals surface area contributed by atoms with Crippen LogP contribution in [-0.2, 0) is 27.1 Å². The maximum absolute atomic E-state index is 13.1. The molecule has 1 fully saturated rings. The van der Waals surface area contributed by atoms with Gasteiger partial charge < -0.3 is 19.3 Å². The number of benzene rings is 1. The number of aromatic nitrogens is 4. The molecule has 4 rings (SSSR count). The molecule has 3 heterocycles. The number of anilines is 1. The minimum atomic E-state index is -0.864. The smallest absolute Gasteiger partial charge is 0.332 e. The highest BCUT2D eigenvalue weighted by atomic mass is 16.5. The molecule has 1 aliphatic heterocycles. The molecule has 0 aliphatic carbocycles. The second-order valence-electron chi connectivity index (χ2n) is 9.04. The van der Waals surface area contributed by atoms with Crippen LogP contribution in [0, 0.1) is 5.92 Å². The number of hydrogen-bond acceptors (Lipinski definition) is 6. The Kier molecular flexibility index (Phi) is 6.60. The lowest BCUT2D eigenvalue weighted by Crippen LogP contribution is -2.38. The summed E-state index contributed by atoms with van der Waals surface area (Å²) in [5.74, 6) is 1.95. The van der Waals surface area contributed by atoms with Gasteiger partial charge >= 0.3 is 5.69 Å². The van der Waals surface area contributed by atoms with Gasteiger partial charge in [-0.15, -0.1) is 0 Å². The fourth-order valence-corrected chi connectivity index (χ4v) is 4.37. The van der Waals surface area contributed by atoms with Crippen molar-refractivity contribution in [3.8, 4) is 5.75 Å². The summed E-state index contributed by atoms with van der Waals surface area (Å²) in [6, 6.07) is 7.80. The first-order chi connectivity index (χ1) is 15.8. The fourth-order valence-electron chi connectivity index (χ4n) is 4.37. The highest BCUT2D eigenvalue weighted by Gasteiger charge is 2.26. The summed E-state index contributed by atoms with van der Waals surface area (Å²) >= 11 is 0. The number of aryl methyl sites for hydroxylation is 2. The van der Waals surface area contributed by atoms with Gasteiger partial charge in [0.15, 0.2) is 11.2 Å². The predicted molar refractivity (Wildman–Crippen MR) is 128 cm³/mol. The van der Waals surface area contributed by atoms with Gasteiger partial charge in [-0.3, -0.25) is 13.9 Å². The van der Waals surface area contributed by atoms with Crippen LogP contribution in [0.1, 0.15) is 32.3 Å². The van der Waals surface area contributed by atoms with Gasteiger partial charge in [0.05, 0.1) is 6.54 Å². The number of piperidine rings is 1. The summed E-state index contributed by atoms with van der Waals surface area (Å²) in [7, 11) is 3.08. The molecule has 3 aromatic rings. The third kappa shape index (κ3) is 4.55. The zero-order valence-electron chi connectivity index (χ0n) is 19.8. The lowest BCUT2D eigenvalue weighted by Gasteiger charge is -2.31. The Morgan fingerprint density at radius 2 is 1.91 bits per heavy atom. The van der Waals surface area contributed by atoms with Crippen LogP contribution in [0.2, 0.25) is 0 Å². The number of nitrogens with zero attached hydrogens (tertiary/aromatic N) is 5. The van der Waals surface area contributed by atoms with E-state index in [1.807, 2.05) is 24.3 Å². The highest BCUT2D eigenvalue weighted by Crippen LogP contribution is 2.25. The SMILES string of the molecule is CCc1cccc(OC[C@@H](O)Cn2c(N3CCC(C)CC3)nc3c2c(=O)n(C)c(=O)n3C)c1. The molecule has 0 amide bonds. The van der Waals surface area contributed by atoms with Crippen LogP contribution in [0.3, 0.4) is 0 Å². The van der Waals surface area contributed by atoms with Gasteiger partial charge in [0.25, 0.3) is 5.56 Å². The first-order valence-electron chi connectivity index (χ1n) is 11.6. The average molecular weight is 456 g/mol. The third-order valence-electron chi connectivity index (χ3n) is 6.54. The molecule has 1 atom stereocenters. The van der Waals surface area contributed by atoms with E-state index in [1.54, 1.807) is 11.6 Å². The largest absolute Gasteiger partial charge is 0.491 e. The van der Waals surface area contributed by atoms with Crippen molar-refractivity contribution >= 4 is 17.1 Å². The van der Waals surface area contributed by atoms with Crippen molar-refractivity contribution in [2.75, 3.05) is 24.6 Å². The van der Waals surface area contributed by atoms with Crippen molar-refractivity contribution in [3.63, 3.8) is 0 Å². The van der Waals surface area contributed by atoms with Gasteiger partial charge in [-0.25, -0.2) is 4.79 Å². The second kappa shape index (κ2) is 9.43. The standard InChI is InChI=1S/C24H33N5O4/c1-5-17-7-6-8-19(13-17)33-15-18(30)14-29-20-21(26(3)24(32)27(4)22(20)31)25-23(29)28-11-9-16(2)10-12-28/h6-8,13,16,18,30H,5,9-12,14-15H2,1-4H3/t18-/m0/s1. The minimum Gasteiger partial charge on any atom is -0.491 e. The van der Waals surface area contributed by atoms with E-state index in [0.717, 1.165) is 42.5 Å². The van der Waals surface area contributed by atoms with Crippen molar-refractivity contribution in [1.29, 1.82) is 0 Å². The van der Waals surface area contributed by atoms with Crippen LogP contribution >= 0.6 is 0 Å². The van der Waals surface area contributed by atoms with Crippen LogP contribution < -0.4 is 20.9 Å². The van der Waals surface area contributed by atoms with Gasteiger partial charge in [-0.2, -0.15) is 4.98 Å². The summed E-state index contributed by atoms with van der Waals surface area (Å²) in [6.45, 7) is 6.15. The van der Waals surface area contributed by atoms with Crippen molar-refractivity contribution in [3.05, 3.63) is 50.7 Å². The number of aliphatic hydroxyl groups excluding tert-OH is 1. The number of imidazole rings is 1. The molecule has 33 heavy (non-hydrogen) atoms. The van der Waals surface area contributed by atoms with Crippen molar-refractivity contribution < 1.29 is 9.84 Å². The van der Waals surface area contributed by atoms with Crippen molar-refractivity contribution in [1.82, 2.24) is 18.7 Å². The van der Waals surface area contributed by atoms with Gasteiger partial charge in [0.1, 0.15) is 18.5 Å². The molecular formula is C24H33N5O4. The molecule has 1 saturated heterocycles. The first-order valence-corrected chi connectivity index (χ1v) is 11.6. The van der Waals surface area contributed by atoms with Crippen LogP contribution in [0.4, 0.5) is 5.95 Å². The van der Waals surface area contributed by atoms with E-state index in [-0.39, 0.29) is 13.2 Å². The number of ether oxygens (including phenoxy) is 1. The summed E-state index contributed by atoms with van der Waals surface area (Å²) in [5, 5.41) is 10.8. The Morgan fingerprint density at radius 3 is 2.61 bits per heavy atom. The maximum atomic E-state index is 13.1. The topological polar surface area (TPSA) is 94.5 Å². The van der Waals surface area contributed by atoms with Crippen LogP contribution in [-0.4, -0.2) is 49.6 Å². The summed E-state index contributed by atoms with van der Waals surface area (Å²) in [5.41, 5.74) is 0.978. The molecule has 1 N–H and O–H groups in total. The van der Waals surface area contributed by atoms with E-state index in [9.17, 15) is 14.7 Å². The van der Waals surface area contributed by atoms with Crippen molar-refractivity contribution in [2.24, 2.45) is 20.0 Å². The lowest BCUT2D eigenvalue weighted by molar-refractivity contribution is 0.0935. The highest BCUT2D eigenvalue weighted by molar-refractivity contribution is 5.74. The molecule has 0 radical (unpaired) electrons. The molecular weight excluding hydrogens is 422 g/mol. The number of rotatable bonds is 7. The van der Waals surface area contributed by atoms with Crippen LogP contribution in [0.5, 0.6) is 5.75 Å². The van der Waals surface area contributed by atoms with Crippen molar-refractivity contribution in [2.45, 2.75) is 45.8 Å². The molecule has 0 spiro atoms. The monoisotopic (exact) mass is 455 g/mol. The van der Waals surface area contributed by atoms with E-state index in [1.165, 1.54) is 11.6 Å². The Labute approximate surface area is 192 Å². The summed E-state index contributed by atoms with van der Waals surface area (Å²) in [4.78, 5) is 32.4. The summed E-state index contributed by atoms with van der Waals surface area (Å²) < 4.78 is 10.1. The number of fused-ring (bicyclic) bond motifs is 1. The molecule has 1 aromatic carbocycles. The lowest BCUT2D eigenvalue weighted by atomic mass is 10.00. The molecule has 178 valence electrons. The van der Waals surface area contributed by atoms with Crippen LogP contribution in [0.15, 0.2) is 33.9 Å². The third-order valence-corrected chi connectivity index (χ3v) is 6.54. The first kappa shape index (κ1) is 23.1. The zero-order valence-corrected chi connectivity index (χ0v) is 19.8. The quantitative estimate of drug-likeness (QED) is 0.583. The second-order valence-corrected chi connectivity index (χ2v) is 9.04. The molecule has 0 unspecified atom stereocenters. The number of aliphatic hydroxyl groups is 1. The Bertz CT molecular complexity index is 1250. The Hall–Kier alpha value is -3.07. The fraction of sp³-hybridized carbons (Fsp3) is 0.542. The molecule has 0 bridgehead atoms. The molecule has 9 nitrogen and oxygen atoms in total. The van der Waals surface area contributed by atoms with E-state index >= 15 is 0 Å². The normalized spacial score (nSPS) is 15.8. The Balaban J connectivity index is 1.67. The minimum absolute atomic E-state index is 0.0788. The predicted octanol–water partition coefficient (Wildman–Crippen LogP) is 1.67. The Morgan fingerprint density at radius 1 is 1.18 bits per heavy atom. The maximum Gasteiger partial charge on any atom is 0.332 e. The van der Waals surface area contributed by atoms with E-state index < -0.39 is 17.4 Å². The molecule has 2 aromatic heterocycles. The average Bonchev–Trinajstić information content (AvgIpc) is 3.19. The van der Waals surface area contributed by atoms with Gasteiger partial charge in [0, 0.05) is 27.2 Å². The van der Waals surface area contributed by atoms with Gasteiger partial charge in [-0.05, 0) is 42.9 Å².